The summed E-state index contributed by atoms with van der Waals surface area (Å²) in [6.45, 7) is 18.5. The molecule has 6 aliphatic rings. The highest BCUT2D eigenvalue weighted by Gasteiger charge is 2.72. The molecular formula is C43H70O13. The summed E-state index contributed by atoms with van der Waals surface area (Å²) < 4.78 is 30.1. The van der Waals surface area contributed by atoms with E-state index in [1.54, 1.807) is 0 Å². The first-order chi connectivity index (χ1) is 26.1. The Bertz CT molecular complexity index is 1480. The van der Waals surface area contributed by atoms with Gasteiger partial charge in [-0.05, 0) is 92.8 Å². The van der Waals surface area contributed by atoms with Crippen LogP contribution in [0, 0.1) is 45.3 Å². The summed E-state index contributed by atoms with van der Waals surface area (Å²) in [7, 11) is 0. The van der Waals surface area contributed by atoms with Crippen LogP contribution in [0.2, 0.25) is 0 Å². The minimum absolute atomic E-state index is 0.00303. The second-order valence-electron chi connectivity index (χ2n) is 19.7. The average Bonchev–Trinajstić information content (AvgIpc) is 3.34. The molecule has 0 amide bonds. The predicted octanol–water partition coefficient (Wildman–Crippen LogP) is 3.13. The smallest absolute Gasteiger partial charge is 0.302 e. The largest absolute Gasteiger partial charge is 0.463 e. The maximum absolute atomic E-state index is 12.5. The van der Waals surface area contributed by atoms with Gasteiger partial charge in [0.2, 0.25) is 0 Å². The van der Waals surface area contributed by atoms with Crippen LogP contribution in [0.3, 0.4) is 0 Å². The Morgan fingerprint density at radius 3 is 2.21 bits per heavy atom. The third-order valence-electron chi connectivity index (χ3n) is 15.7. The number of esters is 1. The molecule has 0 aromatic heterocycles. The lowest BCUT2D eigenvalue weighted by molar-refractivity contribution is -0.316. The van der Waals surface area contributed by atoms with Gasteiger partial charge in [0.05, 0.1) is 24.9 Å². The lowest BCUT2D eigenvalue weighted by Crippen LogP contribution is -2.63. The molecule has 0 bridgehead atoms. The summed E-state index contributed by atoms with van der Waals surface area (Å²) in [5.74, 6) is -0.359. The van der Waals surface area contributed by atoms with E-state index in [0.717, 1.165) is 37.7 Å². The quantitative estimate of drug-likeness (QED) is 0.126. The maximum atomic E-state index is 12.5. The van der Waals surface area contributed by atoms with E-state index in [1.807, 2.05) is 6.08 Å². The fourth-order valence-corrected chi connectivity index (χ4v) is 12.6. The summed E-state index contributed by atoms with van der Waals surface area (Å²) in [6, 6.07) is 0. The summed E-state index contributed by atoms with van der Waals surface area (Å²) in [6.07, 6.45) is -3.63. The van der Waals surface area contributed by atoms with Crippen molar-refractivity contribution in [1.29, 1.82) is 0 Å². The monoisotopic (exact) mass is 794 g/mol. The molecule has 13 heteroatoms. The van der Waals surface area contributed by atoms with Gasteiger partial charge in [0.1, 0.15) is 49.3 Å². The number of allylic oxidation sites excluding steroid dienone is 2. The Balaban J connectivity index is 1.31. The van der Waals surface area contributed by atoms with Gasteiger partial charge in [-0.2, -0.15) is 0 Å². The van der Waals surface area contributed by atoms with E-state index in [2.05, 4.69) is 61.5 Å². The van der Waals surface area contributed by atoms with Crippen molar-refractivity contribution in [2.45, 2.75) is 181 Å². The molecule has 0 spiro atoms. The zero-order chi connectivity index (χ0) is 41.3. The van der Waals surface area contributed by atoms with Crippen molar-refractivity contribution in [1.82, 2.24) is 0 Å². The van der Waals surface area contributed by atoms with Crippen LogP contribution in [-0.4, -0.2) is 129 Å². The summed E-state index contributed by atoms with van der Waals surface area (Å²) in [5, 5.41) is 76.3. The van der Waals surface area contributed by atoms with Crippen molar-refractivity contribution in [3.8, 4) is 0 Å². The van der Waals surface area contributed by atoms with Crippen molar-refractivity contribution in [2.75, 3.05) is 13.2 Å². The van der Waals surface area contributed by atoms with Crippen molar-refractivity contribution in [3.63, 3.8) is 0 Å². The van der Waals surface area contributed by atoms with E-state index < -0.39 is 84.3 Å². The molecule has 13 nitrogen and oxygen atoms in total. The van der Waals surface area contributed by atoms with Crippen LogP contribution in [-0.2, 0) is 28.5 Å². The highest BCUT2D eigenvalue weighted by atomic mass is 16.7. The highest BCUT2D eigenvalue weighted by molar-refractivity contribution is 5.65. The highest BCUT2D eigenvalue weighted by Crippen LogP contribution is 2.75. The second-order valence-corrected chi connectivity index (χ2v) is 19.7. The third kappa shape index (κ3) is 7.48. The lowest BCUT2D eigenvalue weighted by Gasteiger charge is -2.67. The number of aliphatic hydroxyl groups excluding tert-OH is 7. The molecule has 0 radical (unpaired) electrons. The number of fused-ring (bicyclic) bond motifs is 5. The molecule has 56 heavy (non-hydrogen) atoms. The molecular weight excluding hydrogens is 724 g/mol. The Morgan fingerprint density at radius 2 is 1.55 bits per heavy atom. The first-order valence-corrected chi connectivity index (χ1v) is 20.9. The normalized spacial score (nSPS) is 49.1. The fraction of sp³-hybridized carbons (Fsp3) is 0.884. The van der Waals surface area contributed by atoms with Crippen LogP contribution in [0.15, 0.2) is 23.3 Å². The van der Waals surface area contributed by atoms with Crippen LogP contribution in [0.1, 0.15) is 107 Å². The predicted molar refractivity (Wildman–Crippen MR) is 204 cm³/mol. The fourth-order valence-electron chi connectivity index (χ4n) is 12.6. The van der Waals surface area contributed by atoms with Crippen molar-refractivity contribution in [3.05, 3.63) is 23.3 Å². The minimum Gasteiger partial charge on any atom is -0.463 e. The number of carbonyl (C=O) groups excluding carboxylic acids is 1. The molecule has 2 saturated heterocycles. The Morgan fingerprint density at radius 1 is 0.875 bits per heavy atom. The molecule has 5 fully saturated rings. The number of hydrogen-bond acceptors (Lipinski definition) is 13. The Labute approximate surface area is 332 Å². The van der Waals surface area contributed by atoms with Crippen LogP contribution in [0.25, 0.3) is 0 Å². The summed E-state index contributed by atoms with van der Waals surface area (Å²) >= 11 is 0. The molecule has 320 valence electrons. The molecule has 0 aromatic carbocycles. The molecule has 3 saturated carbocycles. The topological polar surface area (TPSA) is 205 Å². The number of rotatable bonds is 10. The first kappa shape index (κ1) is 44.1. The molecule has 2 aliphatic heterocycles. The van der Waals surface area contributed by atoms with Gasteiger partial charge in [-0.1, -0.05) is 64.8 Å². The number of hydrogen-bond donors (Lipinski definition) is 7. The van der Waals surface area contributed by atoms with Gasteiger partial charge in [0.25, 0.3) is 0 Å². The van der Waals surface area contributed by atoms with Gasteiger partial charge in [-0.25, -0.2) is 0 Å². The Kier molecular flexibility index (Phi) is 12.7. The van der Waals surface area contributed by atoms with E-state index in [1.165, 1.54) is 12.5 Å². The standard InChI is InChI=1S/C43H70O13/c1-21(2)11-10-12-22(3)31-28(54-39-36(51)34(49)33(48)29(55-39)20-52-23(4)44)18-43(9)37-26(45)17-25-24(41(37,7)15-16-42(31,43)8)13-14-30(40(25,5)6)56-38-35(50)32(47)27(46)19-53-38/h11,17,22,24,26-39,45-51H,10,12-16,18-20H2,1-9H3/t22-,24-,26+,27?,28+,29?,30+,31?,32?,33?,34?,35?,36?,37-,38?,39?,41+,42-,43+/m1/s1. The molecule has 6 rings (SSSR count). The first-order valence-electron chi connectivity index (χ1n) is 20.9. The Hall–Kier alpha value is -1.49. The maximum Gasteiger partial charge on any atom is 0.302 e. The molecule has 4 aliphatic carbocycles. The van der Waals surface area contributed by atoms with E-state index >= 15 is 0 Å². The zero-order valence-corrected chi connectivity index (χ0v) is 34.8. The molecule has 2 heterocycles. The summed E-state index contributed by atoms with van der Waals surface area (Å²) in [5.41, 5.74) is 0.840. The van der Waals surface area contributed by atoms with E-state index in [9.17, 15) is 40.5 Å². The number of carbonyl (C=O) groups is 1. The summed E-state index contributed by atoms with van der Waals surface area (Å²) in [4.78, 5) is 11.6. The molecule has 0 aromatic rings. The second kappa shape index (κ2) is 16.2. The van der Waals surface area contributed by atoms with Gasteiger partial charge in [-0.15, -0.1) is 0 Å². The number of ether oxygens (including phenoxy) is 5. The van der Waals surface area contributed by atoms with Crippen LogP contribution in [0.4, 0.5) is 0 Å². The number of aliphatic hydroxyl groups is 7. The minimum atomic E-state index is -1.57. The third-order valence-corrected chi connectivity index (χ3v) is 15.7. The lowest BCUT2D eigenvalue weighted by atomic mass is 9.38. The van der Waals surface area contributed by atoms with Gasteiger partial charge < -0.3 is 59.4 Å². The van der Waals surface area contributed by atoms with Crippen LogP contribution >= 0.6 is 0 Å². The van der Waals surface area contributed by atoms with E-state index in [0.29, 0.717) is 12.8 Å². The van der Waals surface area contributed by atoms with E-state index in [4.69, 9.17) is 23.7 Å². The zero-order valence-electron chi connectivity index (χ0n) is 34.8. The van der Waals surface area contributed by atoms with Crippen molar-refractivity contribution >= 4 is 5.97 Å². The van der Waals surface area contributed by atoms with Crippen molar-refractivity contribution < 1.29 is 64.2 Å². The SMILES string of the molecule is CC(=O)OCC1OC(O[C@H]2C[C@@]3(C)[C@@H]4[C@@H](O)C=C5[C@@H](CC[C@H](OC6OCC(O)C(O)C6O)C5(C)C)[C@]4(C)CC[C@]3(C)C2[C@H](C)CCC=C(C)C)C(O)C(O)C1O. The van der Waals surface area contributed by atoms with Crippen LogP contribution < -0.4 is 0 Å². The van der Waals surface area contributed by atoms with Gasteiger partial charge in [0, 0.05) is 18.3 Å². The van der Waals surface area contributed by atoms with Gasteiger partial charge in [-0.3, -0.25) is 4.79 Å². The molecule has 7 N–H and O–H groups in total. The van der Waals surface area contributed by atoms with Gasteiger partial charge in [0.15, 0.2) is 12.6 Å². The van der Waals surface area contributed by atoms with Crippen molar-refractivity contribution in [2.24, 2.45) is 45.3 Å². The van der Waals surface area contributed by atoms with Gasteiger partial charge >= 0.3 is 5.97 Å². The molecule has 19 atom stereocenters. The van der Waals surface area contributed by atoms with E-state index in [-0.39, 0.29) is 53.8 Å². The van der Waals surface area contributed by atoms with Crippen LogP contribution in [0.5, 0.6) is 0 Å². The average molecular weight is 795 g/mol. The molecule has 10 unspecified atom stereocenters.